The molecule has 0 saturated heterocycles. The molecule has 6 nitrogen and oxygen atoms in total. The third-order valence-corrected chi connectivity index (χ3v) is 3.30. The van der Waals surface area contributed by atoms with Gasteiger partial charge in [-0.1, -0.05) is 0 Å². The van der Waals surface area contributed by atoms with Crippen LogP contribution in [0.4, 0.5) is 0 Å². The van der Waals surface area contributed by atoms with Crippen LogP contribution in [0.25, 0.3) is 0 Å². The Balaban J connectivity index is 2.67. The lowest BCUT2D eigenvalue weighted by molar-refractivity contribution is 0.0528. The average Bonchev–Trinajstić information content (AvgIpc) is 2.27. The number of rotatable bonds is 5. The molecule has 0 unspecified atom stereocenters. The summed E-state index contributed by atoms with van der Waals surface area (Å²) in [6.45, 7) is -0.407. The van der Waals surface area contributed by atoms with Crippen LogP contribution < -0.4 is 4.74 Å². The fourth-order valence-corrected chi connectivity index (χ4v) is 1.81. The van der Waals surface area contributed by atoms with Gasteiger partial charge in [-0.3, -0.25) is 4.55 Å². The first-order chi connectivity index (χ1) is 8.33. The van der Waals surface area contributed by atoms with Crippen LogP contribution in [0, 0.1) is 0 Å². The summed E-state index contributed by atoms with van der Waals surface area (Å²) in [5.74, 6) is -0.865. The SMILES string of the molecule is COc1cc(C(=O)OCCS(=O)(=O)O)ccc1Br. The van der Waals surface area contributed by atoms with Gasteiger partial charge >= 0.3 is 5.97 Å². The fraction of sp³-hybridized carbons (Fsp3) is 0.300. The Labute approximate surface area is 113 Å². The van der Waals surface area contributed by atoms with Crippen LogP contribution in [0.5, 0.6) is 5.75 Å². The predicted molar refractivity (Wildman–Crippen MR) is 67.4 cm³/mol. The third-order valence-electron chi connectivity index (χ3n) is 1.96. The van der Waals surface area contributed by atoms with E-state index >= 15 is 0 Å². The maximum absolute atomic E-state index is 11.5. The van der Waals surface area contributed by atoms with Crippen LogP contribution in [0.3, 0.4) is 0 Å². The molecule has 1 aromatic carbocycles. The van der Waals surface area contributed by atoms with Crippen molar-refractivity contribution in [3.8, 4) is 5.75 Å². The number of halogens is 1. The molecule has 0 heterocycles. The van der Waals surface area contributed by atoms with Gasteiger partial charge in [-0.25, -0.2) is 4.79 Å². The Bertz CT molecular complexity index is 539. The molecule has 0 bridgehead atoms. The molecule has 8 heteroatoms. The molecule has 1 rings (SSSR count). The van der Waals surface area contributed by atoms with E-state index in [1.54, 1.807) is 6.07 Å². The Morgan fingerprint density at radius 2 is 2.11 bits per heavy atom. The summed E-state index contributed by atoms with van der Waals surface area (Å²) in [7, 11) is -2.68. The summed E-state index contributed by atoms with van der Waals surface area (Å²) < 4.78 is 39.7. The van der Waals surface area contributed by atoms with Crippen molar-refractivity contribution in [1.29, 1.82) is 0 Å². The van der Waals surface area contributed by atoms with E-state index in [9.17, 15) is 13.2 Å². The first-order valence-electron chi connectivity index (χ1n) is 4.79. The molecule has 100 valence electrons. The molecule has 1 aromatic rings. The van der Waals surface area contributed by atoms with Crippen molar-refractivity contribution in [3.63, 3.8) is 0 Å². The van der Waals surface area contributed by atoms with Crippen LogP contribution in [0.2, 0.25) is 0 Å². The molecular formula is C10H11BrO6S. The lowest BCUT2D eigenvalue weighted by atomic mass is 10.2. The highest BCUT2D eigenvalue weighted by molar-refractivity contribution is 9.10. The lowest BCUT2D eigenvalue weighted by Gasteiger charge is -2.07. The second-order valence-electron chi connectivity index (χ2n) is 3.27. The van der Waals surface area contributed by atoms with E-state index in [2.05, 4.69) is 15.9 Å². The minimum atomic E-state index is -4.13. The van der Waals surface area contributed by atoms with E-state index in [-0.39, 0.29) is 5.56 Å². The van der Waals surface area contributed by atoms with Crippen molar-refractivity contribution >= 4 is 32.0 Å². The zero-order valence-electron chi connectivity index (χ0n) is 9.42. The number of hydrogen-bond donors (Lipinski definition) is 1. The summed E-state index contributed by atoms with van der Waals surface area (Å²) in [4.78, 5) is 11.5. The maximum atomic E-state index is 11.5. The van der Waals surface area contributed by atoms with Gasteiger partial charge in [0.25, 0.3) is 10.1 Å². The molecular weight excluding hydrogens is 328 g/mol. The summed E-state index contributed by atoms with van der Waals surface area (Å²) in [6, 6.07) is 4.57. The first-order valence-corrected chi connectivity index (χ1v) is 7.19. The van der Waals surface area contributed by atoms with Crippen molar-refractivity contribution in [2.75, 3.05) is 19.5 Å². The zero-order valence-corrected chi connectivity index (χ0v) is 11.8. The third kappa shape index (κ3) is 4.63. The molecule has 1 N–H and O–H groups in total. The smallest absolute Gasteiger partial charge is 0.338 e. The van der Waals surface area contributed by atoms with Crippen LogP contribution >= 0.6 is 15.9 Å². The van der Waals surface area contributed by atoms with E-state index in [1.807, 2.05) is 0 Å². The van der Waals surface area contributed by atoms with Gasteiger partial charge in [-0.05, 0) is 34.1 Å². The molecule has 0 amide bonds. The van der Waals surface area contributed by atoms with Gasteiger partial charge in [0.05, 0.1) is 17.1 Å². The van der Waals surface area contributed by atoms with Crippen molar-refractivity contribution in [3.05, 3.63) is 28.2 Å². The van der Waals surface area contributed by atoms with Crippen LogP contribution in [0.1, 0.15) is 10.4 Å². The largest absolute Gasteiger partial charge is 0.496 e. The number of carbonyl (C=O) groups is 1. The zero-order chi connectivity index (χ0) is 13.8. The number of benzene rings is 1. The van der Waals surface area contributed by atoms with Gasteiger partial charge in [0, 0.05) is 0 Å². The number of methoxy groups -OCH3 is 1. The summed E-state index contributed by atoms with van der Waals surface area (Å²) in [5, 5.41) is 0. The van der Waals surface area contributed by atoms with E-state index < -0.39 is 28.4 Å². The van der Waals surface area contributed by atoms with E-state index in [4.69, 9.17) is 14.0 Å². The molecule has 0 atom stereocenters. The van der Waals surface area contributed by atoms with Gasteiger partial charge in [0.1, 0.15) is 18.1 Å². The van der Waals surface area contributed by atoms with Gasteiger partial charge < -0.3 is 9.47 Å². The predicted octanol–water partition coefficient (Wildman–Crippen LogP) is 1.50. The minimum absolute atomic E-state index is 0.227. The molecule has 0 aliphatic carbocycles. The number of esters is 1. The van der Waals surface area contributed by atoms with Crippen molar-refractivity contribution < 1.29 is 27.2 Å². The van der Waals surface area contributed by atoms with Crippen molar-refractivity contribution in [2.45, 2.75) is 0 Å². The standard InChI is InChI=1S/C10H11BrO6S/c1-16-9-6-7(2-3-8(9)11)10(12)17-4-5-18(13,14)15/h2-3,6H,4-5H2,1H3,(H,13,14,15). The molecule has 18 heavy (non-hydrogen) atoms. The van der Waals surface area contributed by atoms with Crippen molar-refractivity contribution in [2.24, 2.45) is 0 Å². The first kappa shape index (κ1) is 14.9. The molecule has 0 saturated carbocycles. The topological polar surface area (TPSA) is 89.9 Å². The Kier molecular flexibility index (Phi) is 5.12. The summed E-state index contributed by atoms with van der Waals surface area (Å²) in [5.41, 5.74) is 0.227. The minimum Gasteiger partial charge on any atom is -0.496 e. The highest BCUT2D eigenvalue weighted by Gasteiger charge is 2.12. The Hall–Kier alpha value is -1.12. The molecule has 0 aliphatic heterocycles. The maximum Gasteiger partial charge on any atom is 0.338 e. The number of hydrogen-bond acceptors (Lipinski definition) is 5. The molecule has 0 aromatic heterocycles. The van der Waals surface area contributed by atoms with E-state index in [0.29, 0.717) is 10.2 Å². The van der Waals surface area contributed by atoms with E-state index in [1.165, 1.54) is 19.2 Å². The van der Waals surface area contributed by atoms with E-state index in [0.717, 1.165) is 0 Å². The highest BCUT2D eigenvalue weighted by atomic mass is 79.9. The fourth-order valence-electron chi connectivity index (χ4n) is 1.11. The number of carbonyl (C=O) groups excluding carboxylic acids is 1. The quantitative estimate of drug-likeness (QED) is 0.646. The lowest BCUT2D eigenvalue weighted by Crippen LogP contribution is -2.14. The monoisotopic (exact) mass is 338 g/mol. The Morgan fingerprint density at radius 1 is 1.44 bits per heavy atom. The summed E-state index contributed by atoms with van der Waals surface area (Å²) in [6.07, 6.45) is 0. The highest BCUT2D eigenvalue weighted by Crippen LogP contribution is 2.25. The number of ether oxygens (including phenoxy) is 2. The second kappa shape index (κ2) is 6.17. The van der Waals surface area contributed by atoms with Crippen LogP contribution in [-0.2, 0) is 14.9 Å². The van der Waals surface area contributed by atoms with Crippen molar-refractivity contribution in [1.82, 2.24) is 0 Å². The Morgan fingerprint density at radius 3 is 2.67 bits per heavy atom. The summed E-state index contributed by atoms with van der Waals surface area (Å²) >= 11 is 3.23. The van der Waals surface area contributed by atoms with Gasteiger partial charge in [0.15, 0.2) is 0 Å². The molecule has 0 spiro atoms. The van der Waals surface area contributed by atoms with Gasteiger partial charge in [0.2, 0.25) is 0 Å². The second-order valence-corrected chi connectivity index (χ2v) is 5.70. The van der Waals surface area contributed by atoms with Crippen LogP contribution in [0.15, 0.2) is 22.7 Å². The molecule has 0 aliphatic rings. The van der Waals surface area contributed by atoms with Crippen LogP contribution in [-0.4, -0.2) is 38.4 Å². The van der Waals surface area contributed by atoms with Gasteiger partial charge in [-0.15, -0.1) is 0 Å². The average molecular weight is 339 g/mol. The normalized spacial score (nSPS) is 11.1. The molecule has 0 fully saturated rings. The molecule has 0 radical (unpaired) electrons. The van der Waals surface area contributed by atoms with Gasteiger partial charge in [-0.2, -0.15) is 8.42 Å².